The minimum atomic E-state index is -0.129. The molecular weight excluding hydrogens is 322 g/mol. The fourth-order valence-electron chi connectivity index (χ4n) is 6.21. The molecule has 4 nitrogen and oxygen atoms in total. The Kier molecular flexibility index (Phi) is 4.00. The molecule has 0 unspecified atom stereocenters. The van der Waals surface area contributed by atoms with Gasteiger partial charge in [0.05, 0.1) is 0 Å². The number of hydrogen-bond acceptors (Lipinski definition) is 2. The number of likely N-dealkylation sites (tertiary alicyclic amines) is 1. The molecule has 1 aromatic rings. The molecule has 0 radical (unpaired) electrons. The first-order valence-corrected chi connectivity index (χ1v) is 10.6. The Morgan fingerprint density at radius 2 is 2.12 bits per heavy atom. The highest BCUT2D eigenvalue weighted by molar-refractivity contribution is 5.89. The summed E-state index contributed by atoms with van der Waals surface area (Å²) in [6, 6.07) is 7.30. The van der Waals surface area contributed by atoms with Gasteiger partial charge in [0.2, 0.25) is 0 Å². The number of benzene rings is 1. The Morgan fingerprint density at radius 1 is 1.23 bits per heavy atom. The first-order chi connectivity index (χ1) is 12.7. The van der Waals surface area contributed by atoms with Crippen LogP contribution < -0.4 is 10.6 Å². The molecule has 0 aromatic heterocycles. The van der Waals surface area contributed by atoms with Gasteiger partial charge in [-0.05, 0) is 80.2 Å². The predicted octanol–water partition coefficient (Wildman–Crippen LogP) is 3.91. The molecule has 3 atom stereocenters. The maximum atomic E-state index is 11.8. The summed E-state index contributed by atoms with van der Waals surface area (Å²) in [5, 5.41) is 5.66. The summed E-state index contributed by atoms with van der Waals surface area (Å²) in [7, 11) is 1.67. The Balaban J connectivity index is 1.51. The lowest BCUT2D eigenvalue weighted by molar-refractivity contribution is -0.0133. The van der Waals surface area contributed by atoms with Gasteiger partial charge in [0, 0.05) is 30.7 Å². The lowest BCUT2D eigenvalue weighted by Crippen LogP contribution is -2.61. The molecule has 2 saturated carbocycles. The van der Waals surface area contributed by atoms with Crippen LogP contribution in [0.4, 0.5) is 10.5 Å². The predicted molar refractivity (Wildman–Crippen MR) is 105 cm³/mol. The third-order valence-corrected chi connectivity index (χ3v) is 7.63. The van der Waals surface area contributed by atoms with Gasteiger partial charge in [-0.3, -0.25) is 4.90 Å². The van der Waals surface area contributed by atoms with Crippen molar-refractivity contribution in [2.75, 3.05) is 25.5 Å². The van der Waals surface area contributed by atoms with Crippen LogP contribution in [-0.4, -0.2) is 37.1 Å². The maximum absolute atomic E-state index is 11.8. The zero-order valence-electron chi connectivity index (χ0n) is 15.9. The summed E-state index contributed by atoms with van der Waals surface area (Å²) in [4.78, 5) is 14.6. The first kappa shape index (κ1) is 16.6. The Labute approximate surface area is 156 Å². The second kappa shape index (κ2) is 6.26. The SMILES string of the molecule is CNC(=O)Nc1ccc2c(c1)[C@@]13CCCC[C@H]1[C@@H](C2)N(CC1CC1)CC3. The number of hydrogen-bond donors (Lipinski definition) is 2. The standard InChI is InChI=1S/C22H31N3O/c1-23-21(26)24-17-8-7-16-12-20-18-4-2-3-9-22(18,19(16)13-17)10-11-25(20)14-15-5-6-15/h7-8,13,15,18,20H,2-6,9-12,14H2,1H3,(H2,23,24,26)/t18-,20+,22+/m0/s1. The highest BCUT2D eigenvalue weighted by atomic mass is 16.2. The zero-order chi connectivity index (χ0) is 17.7. The average Bonchev–Trinajstić information content (AvgIpc) is 3.48. The first-order valence-electron chi connectivity index (χ1n) is 10.6. The van der Waals surface area contributed by atoms with Gasteiger partial charge in [-0.2, -0.15) is 0 Å². The zero-order valence-corrected chi connectivity index (χ0v) is 15.9. The van der Waals surface area contributed by atoms with Crippen LogP contribution in [0.5, 0.6) is 0 Å². The van der Waals surface area contributed by atoms with Crippen molar-refractivity contribution < 1.29 is 4.79 Å². The highest BCUT2D eigenvalue weighted by Crippen LogP contribution is 2.56. The van der Waals surface area contributed by atoms with Crippen molar-refractivity contribution in [3.8, 4) is 0 Å². The number of amides is 2. The Hall–Kier alpha value is -1.55. The number of urea groups is 1. The van der Waals surface area contributed by atoms with E-state index in [1.54, 1.807) is 12.6 Å². The molecule has 2 bridgehead atoms. The molecule has 4 heteroatoms. The van der Waals surface area contributed by atoms with Crippen molar-refractivity contribution in [1.29, 1.82) is 0 Å². The van der Waals surface area contributed by atoms with E-state index in [4.69, 9.17) is 0 Å². The number of rotatable bonds is 3. The van der Waals surface area contributed by atoms with E-state index in [2.05, 4.69) is 33.7 Å². The quantitative estimate of drug-likeness (QED) is 0.865. The topological polar surface area (TPSA) is 44.4 Å². The van der Waals surface area contributed by atoms with Gasteiger partial charge in [0.25, 0.3) is 0 Å². The third-order valence-electron chi connectivity index (χ3n) is 7.63. The second-order valence-electron chi connectivity index (χ2n) is 9.04. The molecule has 4 aliphatic rings. The average molecular weight is 354 g/mol. The number of nitrogens with zero attached hydrogens (tertiary/aromatic N) is 1. The monoisotopic (exact) mass is 353 g/mol. The van der Waals surface area contributed by atoms with E-state index in [1.807, 2.05) is 0 Å². The van der Waals surface area contributed by atoms with Crippen molar-refractivity contribution in [2.24, 2.45) is 11.8 Å². The normalized spacial score (nSPS) is 33.1. The molecule has 3 aliphatic carbocycles. The van der Waals surface area contributed by atoms with Crippen molar-refractivity contribution >= 4 is 11.7 Å². The van der Waals surface area contributed by atoms with Crippen LogP contribution in [0, 0.1) is 11.8 Å². The maximum Gasteiger partial charge on any atom is 0.318 e. The van der Waals surface area contributed by atoms with Crippen molar-refractivity contribution in [2.45, 2.75) is 62.8 Å². The summed E-state index contributed by atoms with van der Waals surface area (Å²) in [5.41, 5.74) is 4.40. The van der Waals surface area contributed by atoms with Crippen LogP contribution in [0.3, 0.4) is 0 Å². The van der Waals surface area contributed by atoms with Crippen LogP contribution in [-0.2, 0) is 11.8 Å². The van der Waals surface area contributed by atoms with E-state index >= 15 is 0 Å². The molecule has 1 saturated heterocycles. The van der Waals surface area contributed by atoms with E-state index in [0.29, 0.717) is 5.41 Å². The van der Waals surface area contributed by atoms with E-state index < -0.39 is 0 Å². The summed E-state index contributed by atoms with van der Waals surface area (Å²) >= 11 is 0. The van der Waals surface area contributed by atoms with Gasteiger partial charge < -0.3 is 10.6 Å². The fraction of sp³-hybridized carbons (Fsp3) is 0.682. The summed E-state index contributed by atoms with van der Waals surface area (Å²) < 4.78 is 0. The van der Waals surface area contributed by atoms with Crippen LogP contribution in [0.25, 0.3) is 0 Å². The number of fused-ring (bicyclic) bond motifs is 1. The Bertz CT molecular complexity index is 713. The molecule has 5 rings (SSSR count). The minimum Gasteiger partial charge on any atom is -0.341 e. The van der Waals surface area contributed by atoms with Crippen molar-refractivity contribution in [1.82, 2.24) is 10.2 Å². The van der Waals surface area contributed by atoms with Crippen LogP contribution >= 0.6 is 0 Å². The van der Waals surface area contributed by atoms with E-state index in [0.717, 1.165) is 23.6 Å². The van der Waals surface area contributed by atoms with Crippen molar-refractivity contribution in [3.05, 3.63) is 29.3 Å². The molecule has 3 fully saturated rings. The lowest BCUT2D eigenvalue weighted by Gasteiger charge is -2.59. The van der Waals surface area contributed by atoms with Crippen LogP contribution in [0.15, 0.2) is 18.2 Å². The molecule has 1 heterocycles. The van der Waals surface area contributed by atoms with Gasteiger partial charge in [-0.15, -0.1) is 0 Å². The molecule has 1 aliphatic heterocycles. The van der Waals surface area contributed by atoms with Gasteiger partial charge in [-0.25, -0.2) is 4.79 Å². The number of nitrogens with one attached hydrogen (secondary N) is 2. The largest absolute Gasteiger partial charge is 0.341 e. The second-order valence-corrected chi connectivity index (χ2v) is 9.04. The summed E-state index contributed by atoms with van der Waals surface area (Å²) in [6.45, 7) is 2.60. The smallest absolute Gasteiger partial charge is 0.318 e. The molecule has 140 valence electrons. The van der Waals surface area contributed by atoms with Crippen LogP contribution in [0.1, 0.15) is 56.1 Å². The lowest BCUT2D eigenvalue weighted by atomic mass is 9.52. The van der Waals surface area contributed by atoms with E-state index in [-0.39, 0.29) is 6.03 Å². The number of carbonyl (C=O) groups is 1. The van der Waals surface area contributed by atoms with Gasteiger partial charge in [-0.1, -0.05) is 18.9 Å². The van der Waals surface area contributed by atoms with Gasteiger partial charge >= 0.3 is 6.03 Å². The van der Waals surface area contributed by atoms with Crippen molar-refractivity contribution in [3.63, 3.8) is 0 Å². The van der Waals surface area contributed by atoms with E-state index in [1.165, 1.54) is 70.0 Å². The Morgan fingerprint density at radius 3 is 2.92 bits per heavy atom. The minimum absolute atomic E-state index is 0.129. The molecule has 0 spiro atoms. The third kappa shape index (κ3) is 2.65. The fourth-order valence-corrected chi connectivity index (χ4v) is 6.21. The number of piperidine rings is 1. The molecule has 2 N–H and O–H groups in total. The van der Waals surface area contributed by atoms with Crippen LogP contribution in [0.2, 0.25) is 0 Å². The molecule has 1 aromatic carbocycles. The molecule has 26 heavy (non-hydrogen) atoms. The number of carbonyl (C=O) groups excluding carboxylic acids is 1. The van der Waals surface area contributed by atoms with Gasteiger partial charge in [0.1, 0.15) is 0 Å². The highest BCUT2D eigenvalue weighted by Gasteiger charge is 2.54. The molecular formula is C22H31N3O. The molecule has 2 amide bonds. The summed E-state index contributed by atoms with van der Waals surface area (Å²) in [6.07, 6.45) is 10.9. The van der Waals surface area contributed by atoms with E-state index in [9.17, 15) is 4.79 Å². The number of anilines is 1. The van der Waals surface area contributed by atoms with Gasteiger partial charge in [0.15, 0.2) is 0 Å². The summed E-state index contributed by atoms with van der Waals surface area (Å²) in [5.74, 6) is 1.79.